The minimum atomic E-state index is -0.537. The van der Waals surface area contributed by atoms with Gasteiger partial charge in [0.2, 0.25) is 0 Å². The first-order chi connectivity index (χ1) is 5.70. The largest absolute Gasteiger partial charge is 0.206 e. The number of hydrogen-bond acceptors (Lipinski definition) is 2. The Balaban J connectivity index is 2.98. The average molecular weight is 206 g/mol. The first-order valence-electron chi connectivity index (χ1n) is 3.09. The monoisotopic (exact) mass is 205 g/mol. The molecule has 0 saturated heterocycles. The standard InChI is InChI=1S/C7H2ClF2NS/c8-7-5-3(9)1-2-4(10)6(5)12-11-7/h1-2H. The van der Waals surface area contributed by atoms with Gasteiger partial charge in [0.15, 0.2) is 5.15 Å². The predicted molar refractivity (Wildman–Crippen MR) is 44.5 cm³/mol. The highest BCUT2D eigenvalue weighted by Gasteiger charge is 2.12. The predicted octanol–water partition coefficient (Wildman–Crippen LogP) is 3.23. The van der Waals surface area contributed by atoms with Crippen LogP contribution in [0.2, 0.25) is 5.15 Å². The van der Waals surface area contributed by atoms with Crippen LogP contribution in [-0.2, 0) is 0 Å². The average Bonchev–Trinajstić information content (AvgIpc) is 2.42. The first kappa shape index (κ1) is 7.89. The molecule has 0 bridgehead atoms. The lowest BCUT2D eigenvalue weighted by molar-refractivity contribution is 0.619. The van der Waals surface area contributed by atoms with E-state index in [1.54, 1.807) is 0 Å². The molecule has 0 atom stereocenters. The normalized spacial score (nSPS) is 10.9. The van der Waals surface area contributed by atoms with Crippen LogP contribution >= 0.6 is 23.1 Å². The molecule has 2 rings (SSSR count). The Hall–Kier alpha value is -0.740. The fraction of sp³-hybridized carbons (Fsp3) is 0. The lowest BCUT2D eigenvalue weighted by Crippen LogP contribution is -1.78. The summed E-state index contributed by atoms with van der Waals surface area (Å²) in [7, 11) is 0. The van der Waals surface area contributed by atoms with Crippen LogP contribution in [0.15, 0.2) is 12.1 Å². The van der Waals surface area contributed by atoms with Crippen molar-refractivity contribution in [1.82, 2.24) is 4.37 Å². The lowest BCUT2D eigenvalue weighted by Gasteiger charge is -1.92. The number of fused-ring (bicyclic) bond motifs is 1. The van der Waals surface area contributed by atoms with Gasteiger partial charge in [-0.05, 0) is 23.7 Å². The van der Waals surface area contributed by atoms with Gasteiger partial charge >= 0.3 is 0 Å². The highest BCUT2D eigenvalue weighted by Crippen LogP contribution is 2.30. The van der Waals surface area contributed by atoms with Crippen LogP contribution in [0.5, 0.6) is 0 Å². The van der Waals surface area contributed by atoms with Crippen LogP contribution in [0.1, 0.15) is 0 Å². The second-order valence-electron chi connectivity index (χ2n) is 2.21. The summed E-state index contributed by atoms with van der Waals surface area (Å²) in [4.78, 5) is 0. The van der Waals surface area contributed by atoms with E-state index in [2.05, 4.69) is 4.37 Å². The highest BCUT2D eigenvalue weighted by molar-refractivity contribution is 7.13. The van der Waals surface area contributed by atoms with Crippen molar-refractivity contribution in [1.29, 1.82) is 0 Å². The molecule has 2 aromatic rings. The third-order valence-electron chi connectivity index (χ3n) is 1.48. The van der Waals surface area contributed by atoms with Crippen molar-refractivity contribution in [3.05, 3.63) is 28.9 Å². The van der Waals surface area contributed by atoms with Gasteiger partial charge in [0.1, 0.15) is 11.6 Å². The minimum absolute atomic E-state index is 0.0204. The zero-order valence-electron chi connectivity index (χ0n) is 5.64. The summed E-state index contributed by atoms with van der Waals surface area (Å²) in [6.45, 7) is 0. The Bertz CT molecular complexity index is 440. The Labute approximate surface area is 75.7 Å². The molecule has 12 heavy (non-hydrogen) atoms. The highest BCUT2D eigenvalue weighted by atomic mass is 35.5. The Morgan fingerprint density at radius 2 is 1.92 bits per heavy atom. The van der Waals surface area contributed by atoms with Crippen LogP contribution in [0.4, 0.5) is 8.78 Å². The smallest absolute Gasteiger partial charge is 0.153 e. The van der Waals surface area contributed by atoms with E-state index in [4.69, 9.17) is 11.6 Å². The first-order valence-corrected chi connectivity index (χ1v) is 4.24. The van der Waals surface area contributed by atoms with Crippen molar-refractivity contribution in [2.24, 2.45) is 0 Å². The van der Waals surface area contributed by atoms with Crippen LogP contribution in [0.25, 0.3) is 10.1 Å². The Kier molecular flexibility index (Phi) is 1.73. The van der Waals surface area contributed by atoms with E-state index < -0.39 is 11.6 Å². The van der Waals surface area contributed by atoms with E-state index in [9.17, 15) is 8.78 Å². The molecule has 0 saturated carbocycles. The van der Waals surface area contributed by atoms with E-state index in [1.807, 2.05) is 0 Å². The van der Waals surface area contributed by atoms with E-state index in [0.717, 1.165) is 23.7 Å². The molecule has 0 N–H and O–H groups in total. The second-order valence-corrected chi connectivity index (χ2v) is 3.34. The van der Waals surface area contributed by atoms with Crippen LogP contribution in [-0.4, -0.2) is 4.37 Å². The molecule has 0 aliphatic rings. The molecule has 0 aliphatic heterocycles. The van der Waals surface area contributed by atoms with Gasteiger partial charge in [-0.1, -0.05) is 11.6 Å². The van der Waals surface area contributed by atoms with Crippen molar-refractivity contribution >= 4 is 33.2 Å². The zero-order valence-corrected chi connectivity index (χ0v) is 7.22. The quantitative estimate of drug-likeness (QED) is 0.644. The summed E-state index contributed by atoms with van der Waals surface area (Å²) in [5, 5.41) is 0.0914. The summed E-state index contributed by atoms with van der Waals surface area (Å²) in [5.41, 5.74) is 0. The number of aromatic nitrogens is 1. The molecule has 5 heteroatoms. The van der Waals surface area contributed by atoms with Gasteiger partial charge in [-0.3, -0.25) is 0 Å². The number of nitrogens with zero attached hydrogens (tertiary/aromatic N) is 1. The third kappa shape index (κ3) is 0.990. The van der Waals surface area contributed by atoms with E-state index >= 15 is 0 Å². The molecule has 0 fully saturated rings. The number of benzene rings is 1. The number of halogens is 3. The zero-order chi connectivity index (χ0) is 8.72. The van der Waals surface area contributed by atoms with Crippen molar-refractivity contribution in [2.45, 2.75) is 0 Å². The molecule has 0 unspecified atom stereocenters. The molecule has 0 amide bonds. The van der Waals surface area contributed by atoms with Gasteiger partial charge in [-0.15, -0.1) is 0 Å². The topological polar surface area (TPSA) is 12.9 Å². The van der Waals surface area contributed by atoms with Crippen molar-refractivity contribution in [3.8, 4) is 0 Å². The maximum Gasteiger partial charge on any atom is 0.153 e. The van der Waals surface area contributed by atoms with Gasteiger partial charge in [0.25, 0.3) is 0 Å². The van der Waals surface area contributed by atoms with E-state index in [1.165, 1.54) is 0 Å². The van der Waals surface area contributed by atoms with Crippen LogP contribution in [0.3, 0.4) is 0 Å². The Morgan fingerprint density at radius 3 is 2.58 bits per heavy atom. The van der Waals surface area contributed by atoms with Crippen LogP contribution in [0, 0.1) is 11.6 Å². The molecular weight excluding hydrogens is 204 g/mol. The molecule has 0 radical (unpaired) electrons. The molecule has 1 heterocycles. The van der Waals surface area contributed by atoms with Crippen molar-refractivity contribution < 1.29 is 8.78 Å². The maximum absolute atomic E-state index is 13.0. The summed E-state index contributed by atoms with van der Waals surface area (Å²) in [6.07, 6.45) is 0. The fourth-order valence-corrected chi connectivity index (χ4v) is 1.99. The SMILES string of the molecule is Fc1ccc(F)c2c(Cl)nsc12. The van der Waals surface area contributed by atoms with Gasteiger partial charge in [0.05, 0.1) is 10.1 Å². The molecule has 0 spiro atoms. The van der Waals surface area contributed by atoms with Gasteiger partial charge < -0.3 is 0 Å². The number of hydrogen-bond donors (Lipinski definition) is 0. The van der Waals surface area contributed by atoms with E-state index in [-0.39, 0.29) is 15.2 Å². The molecule has 62 valence electrons. The van der Waals surface area contributed by atoms with Gasteiger partial charge in [-0.2, -0.15) is 4.37 Å². The van der Waals surface area contributed by atoms with Gasteiger partial charge in [-0.25, -0.2) is 8.78 Å². The maximum atomic E-state index is 13.0. The number of rotatable bonds is 0. The minimum Gasteiger partial charge on any atom is -0.206 e. The van der Waals surface area contributed by atoms with Crippen LogP contribution < -0.4 is 0 Å². The van der Waals surface area contributed by atoms with Crippen molar-refractivity contribution in [2.75, 3.05) is 0 Å². The molecular formula is C7H2ClF2NS. The van der Waals surface area contributed by atoms with E-state index in [0.29, 0.717) is 0 Å². The Morgan fingerprint density at radius 1 is 1.25 bits per heavy atom. The molecule has 1 aromatic carbocycles. The fourth-order valence-electron chi connectivity index (χ4n) is 0.946. The molecule has 1 aromatic heterocycles. The third-order valence-corrected chi connectivity index (χ3v) is 2.71. The molecule has 0 aliphatic carbocycles. The summed E-state index contributed by atoms with van der Waals surface area (Å²) in [6, 6.07) is 2.10. The second kappa shape index (κ2) is 2.64. The lowest BCUT2D eigenvalue weighted by atomic mass is 10.2. The van der Waals surface area contributed by atoms with Gasteiger partial charge in [0, 0.05) is 0 Å². The summed E-state index contributed by atoms with van der Waals surface area (Å²) in [5.74, 6) is -1.03. The summed E-state index contributed by atoms with van der Waals surface area (Å²) < 4.78 is 29.7. The molecule has 1 nitrogen and oxygen atoms in total. The van der Waals surface area contributed by atoms with Crippen molar-refractivity contribution in [3.63, 3.8) is 0 Å². The summed E-state index contributed by atoms with van der Waals surface area (Å²) >= 11 is 6.40.